The van der Waals surface area contributed by atoms with Gasteiger partial charge in [0.25, 0.3) is 11.1 Å². The molecule has 8 rings (SSSR count). The molecule has 0 fully saturated rings. The Hall–Kier alpha value is -7.48. The first kappa shape index (κ1) is 39.7. The standard InChI is InChI=1S/C24H16F2N2O2.C22H14F2N2O2S/c1-15-8-11-18-21(12-15)27(2)24(30)28(23(18)29)22-19(25)13-17(14-20(22)26)10-9-16-6-4-3-5-7-16;1-13-12-29-20-18(13)25(2)22(28)26(21(20)27)19-16(23)10-15(11-17(19)24)9-8-14-6-4-3-5-7-14/h3-8,11-14H,1-2H3;3-7,10-12H,1-2H3. The molecule has 0 aliphatic rings. The monoisotopic (exact) mass is 810 g/mol. The Kier molecular flexibility index (Phi) is 10.9. The highest BCUT2D eigenvalue weighted by Gasteiger charge is 2.22. The van der Waals surface area contributed by atoms with Gasteiger partial charge in [0.05, 0.1) is 16.4 Å². The van der Waals surface area contributed by atoms with Gasteiger partial charge in [-0.3, -0.25) is 18.7 Å². The Balaban J connectivity index is 0.000000179. The summed E-state index contributed by atoms with van der Waals surface area (Å²) >= 11 is 1.13. The number of hydrogen-bond donors (Lipinski definition) is 0. The Bertz CT molecular complexity index is 3320. The second-order valence-corrected chi connectivity index (χ2v) is 14.3. The molecule has 0 bridgehead atoms. The van der Waals surface area contributed by atoms with Gasteiger partial charge in [-0.2, -0.15) is 0 Å². The fraction of sp³-hybridized carbons (Fsp3) is 0.0870. The molecule has 0 atom stereocenters. The van der Waals surface area contributed by atoms with Gasteiger partial charge in [-0.1, -0.05) is 66.1 Å². The van der Waals surface area contributed by atoms with Crippen LogP contribution in [0.2, 0.25) is 0 Å². The van der Waals surface area contributed by atoms with Crippen molar-refractivity contribution in [3.05, 3.63) is 207 Å². The number of aromatic nitrogens is 4. The van der Waals surface area contributed by atoms with E-state index in [9.17, 15) is 36.7 Å². The summed E-state index contributed by atoms with van der Waals surface area (Å²) in [5.41, 5.74) is -0.542. The van der Waals surface area contributed by atoms with Crippen molar-refractivity contribution < 1.29 is 17.6 Å². The maximum absolute atomic E-state index is 14.9. The van der Waals surface area contributed by atoms with E-state index in [1.165, 1.54) is 23.2 Å². The molecule has 8 aromatic rings. The van der Waals surface area contributed by atoms with E-state index in [2.05, 4.69) is 23.7 Å². The molecule has 59 heavy (non-hydrogen) atoms. The third-order valence-corrected chi connectivity index (χ3v) is 10.4. The van der Waals surface area contributed by atoms with Crippen LogP contribution in [0, 0.1) is 60.8 Å². The van der Waals surface area contributed by atoms with Crippen LogP contribution in [0.3, 0.4) is 0 Å². The Morgan fingerprint density at radius 2 is 0.966 bits per heavy atom. The number of nitrogens with zero attached hydrogens (tertiary/aromatic N) is 4. The smallest absolute Gasteiger partial charge is 0.296 e. The molecule has 0 saturated carbocycles. The lowest BCUT2D eigenvalue weighted by Crippen LogP contribution is -2.39. The average Bonchev–Trinajstić information content (AvgIpc) is 3.62. The van der Waals surface area contributed by atoms with Gasteiger partial charge in [0.15, 0.2) is 23.3 Å². The lowest BCUT2D eigenvalue weighted by molar-refractivity contribution is 0.558. The number of thiophene rings is 1. The van der Waals surface area contributed by atoms with Crippen LogP contribution < -0.4 is 22.5 Å². The fourth-order valence-electron chi connectivity index (χ4n) is 6.43. The number of rotatable bonds is 2. The maximum Gasteiger partial charge on any atom is 0.336 e. The van der Waals surface area contributed by atoms with Gasteiger partial charge < -0.3 is 0 Å². The molecule has 0 N–H and O–H groups in total. The van der Waals surface area contributed by atoms with Crippen LogP contribution >= 0.6 is 11.3 Å². The van der Waals surface area contributed by atoms with Gasteiger partial charge in [-0.15, -0.1) is 11.3 Å². The zero-order chi connectivity index (χ0) is 42.1. The molecular formula is C46H30F4N4O4S. The zero-order valence-corrected chi connectivity index (χ0v) is 32.6. The van der Waals surface area contributed by atoms with Crippen molar-refractivity contribution >= 4 is 32.5 Å². The summed E-state index contributed by atoms with van der Waals surface area (Å²) in [5.74, 6) is 6.88. The molecule has 0 amide bonds. The molecule has 0 unspecified atom stereocenters. The van der Waals surface area contributed by atoms with Crippen LogP contribution in [0.4, 0.5) is 17.6 Å². The van der Waals surface area contributed by atoms with Crippen LogP contribution in [0.25, 0.3) is 32.5 Å². The van der Waals surface area contributed by atoms with E-state index >= 15 is 0 Å². The van der Waals surface area contributed by atoms with E-state index in [0.717, 1.165) is 46.7 Å². The first-order chi connectivity index (χ1) is 28.2. The van der Waals surface area contributed by atoms with E-state index in [1.54, 1.807) is 79.0 Å². The summed E-state index contributed by atoms with van der Waals surface area (Å²) in [6.07, 6.45) is 0. The molecule has 0 aliphatic heterocycles. The summed E-state index contributed by atoms with van der Waals surface area (Å²) in [6.45, 7) is 3.59. The third kappa shape index (κ3) is 7.67. The molecular weight excluding hydrogens is 781 g/mol. The predicted molar refractivity (Wildman–Crippen MR) is 222 cm³/mol. The normalized spacial score (nSPS) is 10.7. The maximum atomic E-state index is 14.9. The molecule has 3 aromatic heterocycles. The highest BCUT2D eigenvalue weighted by Crippen LogP contribution is 2.23. The van der Waals surface area contributed by atoms with Gasteiger partial charge in [0, 0.05) is 36.3 Å². The lowest BCUT2D eigenvalue weighted by atomic mass is 10.1. The average molecular weight is 811 g/mol. The molecule has 0 aliphatic carbocycles. The largest absolute Gasteiger partial charge is 0.336 e. The first-order valence-corrected chi connectivity index (χ1v) is 18.7. The molecule has 5 aromatic carbocycles. The number of fused-ring (bicyclic) bond motifs is 2. The van der Waals surface area contributed by atoms with Crippen molar-refractivity contribution in [3.63, 3.8) is 0 Å². The van der Waals surface area contributed by atoms with Crippen LogP contribution in [-0.2, 0) is 14.1 Å². The van der Waals surface area contributed by atoms with Gasteiger partial charge in [-0.25, -0.2) is 36.3 Å². The SMILES string of the molecule is Cc1ccc2c(=O)n(-c3c(F)cc(C#Cc4ccccc4)cc3F)c(=O)n(C)c2c1.Cc1csc2c(=O)n(-c3c(F)cc(C#Cc4ccccc4)cc3F)c(=O)n(C)c12. The molecule has 292 valence electrons. The number of hydrogen-bond acceptors (Lipinski definition) is 5. The topological polar surface area (TPSA) is 88.0 Å². The highest BCUT2D eigenvalue weighted by molar-refractivity contribution is 7.17. The molecule has 0 spiro atoms. The van der Waals surface area contributed by atoms with Gasteiger partial charge >= 0.3 is 11.4 Å². The number of benzene rings is 5. The predicted octanol–water partition coefficient (Wildman–Crippen LogP) is 7.41. The van der Waals surface area contributed by atoms with Crippen LogP contribution in [0.5, 0.6) is 0 Å². The number of aryl methyl sites for hydroxylation is 4. The Morgan fingerprint density at radius 3 is 1.46 bits per heavy atom. The summed E-state index contributed by atoms with van der Waals surface area (Å²) in [6, 6.07) is 27.0. The summed E-state index contributed by atoms with van der Waals surface area (Å²) in [7, 11) is 2.92. The number of halogens is 4. The molecule has 3 heterocycles. The van der Waals surface area contributed by atoms with Crippen LogP contribution in [0.1, 0.15) is 33.4 Å². The minimum atomic E-state index is -1.04. The van der Waals surface area contributed by atoms with Crippen molar-refractivity contribution in [1.82, 2.24) is 18.3 Å². The summed E-state index contributed by atoms with van der Waals surface area (Å²) in [5, 5.41) is 1.92. The molecule has 0 radical (unpaired) electrons. The Labute approximate surface area is 337 Å². The lowest BCUT2D eigenvalue weighted by Gasteiger charge is -2.13. The van der Waals surface area contributed by atoms with Gasteiger partial charge in [0.1, 0.15) is 16.1 Å². The fourth-order valence-corrected chi connectivity index (χ4v) is 7.44. The summed E-state index contributed by atoms with van der Waals surface area (Å²) in [4.78, 5) is 51.2. The van der Waals surface area contributed by atoms with Crippen molar-refractivity contribution in [2.45, 2.75) is 13.8 Å². The van der Waals surface area contributed by atoms with E-state index in [4.69, 9.17) is 0 Å². The molecule has 13 heteroatoms. The van der Waals surface area contributed by atoms with E-state index < -0.39 is 57.1 Å². The second kappa shape index (κ2) is 16.2. The van der Waals surface area contributed by atoms with Crippen molar-refractivity contribution in [1.29, 1.82) is 0 Å². The van der Waals surface area contributed by atoms with Crippen molar-refractivity contribution in [2.75, 3.05) is 0 Å². The minimum Gasteiger partial charge on any atom is -0.296 e. The minimum absolute atomic E-state index is 0.0962. The highest BCUT2D eigenvalue weighted by atomic mass is 32.1. The second-order valence-electron chi connectivity index (χ2n) is 13.4. The molecule has 0 saturated heterocycles. The zero-order valence-electron chi connectivity index (χ0n) is 31.7. The van der Waals surface area contributed by atoms with Gasteiger partial charge in [0.2, 0.25) is 0 Å². The van der Waals surface area contributed by atoms with E-state index in [1.807, 2.05) is 19.1 Å². The van der Waals surface area contributed by atoms with Crippen LogP contribution in [-0.4, -0.2) is 18.3 Å². The summed E-state index contributed by atoms with van der Waals surface area (Å²) < 4.78 is 63.1. The van der Waals surface area contributed by atoms with Gasteiger partial charge in [-0.05, 0) is 91.0 Å². The molecule has 8 nitrogen and oxygen atoms in total. The van der Waals surface area contributed by atoms with E-state index in [-0.39, 0.29) is 21.2 Å². The van der Waals surface area contributed by atoms with Crippen molar-refractivity contribution in [2.24, 2.45) is 14.1 Å². The van der Waals surface area contributed by atoms with Crippen molar-refractivity contribution in [3.8, 4) is 35.1 Å². The van der Waals surface area contributed by atoms with Crippen LogP contribution in [0.15, 0.2) is 128 Å². The van der Waals surface area contributed by atoms with E-state index in [0.29, 0.717) is 31.3 Å². The third-order valence-electron chi connectivity index (χ3n) is 9.31. The Morgan fingerprint density at radius 1 is 0.525 bits per heavy atom. The quantitative estimate of drug-likeness (QED) is 0.135. The first-order valence-electron chi connectivity index (χ1n) is 17.8.